The van der Waals surface area contributed by atoms with Gasteiger partial charge in [-0.1, -0.05) is 114 Å². The summed E-state index contributed by atoms with van der Waals surface area (Å²) in [4.78, 5) is 149. The summed E-state index contributed by atoms with van der Waals surface area (Å²) < 4.78 is 6.12. The van der Waals surface area contributed by atoms with Crippen LogP contribution in [-0.2, 0) is 65.5 Å². The second-order valence-corrected chi connectivity index (χ2v) is 24.5. The number of benzene rings is 2. The molecule has 22 heteroatoms. The van der Waals surface area contributed by atoms with Gasteiger partial charge < -0.3 is 60.9 Å². The molecule has 0 radical (unpaired) electrons. The smallest absolute Gasteiger partial charge is 0.250 e. The highest BCUT2D eigenvalue weighted by atomic mass is 16.5. The van der Waals surface area contributed by atoms with Crippen molar-refractivity contribution in [3.63, 3.8) is 0 Å². The number of allylic oxidation sites excluding steroid dienone is 1. The van der Waals surface area contributed by atoms with Gasteiger partial charge in [-0.2, -0.15) is 0 Å². The highest BCUT2D eigenvalue weighted by Gasteiger charge is 2.41. The van der Waals surface area contributed by atoms with Gasteiger partial charge in [-0.05, 0) is 96.6 Å². The van der Waals surface area contributed by atoms with E-state index in [1.165, 1.54) is 56.7 Å². The number of ether oxygens (including phenoxy) is 1. The van der Waals surface area contributed by atoms with Crippen LogP contribution in [0.3, 0.4) is 0 Å². The predicted octanol–water partition coefficient (Wildman–Crippen LogP) is 3.85. The minimum absolute atomic E-state index is 0.00604. The van der Waals surface area contributed by atoms with E-state index in [1.807, 2.05) is 19.9 Å². The molecule has 3 rings (SSSR count). The Labute approximate surface area is 521 Å². The van der Waals surface area contributed by atoms with E-state index in [0.29, 0.717) is 36.2 Å². The minimum atomic E-state index is -1.43. The first-order valence-corrected chi connectivity index (χ1v) is 30.6. The van der Waals surface area contributed by atoms with Crippen LogP contribution in [0.4, 0.5) is 0 Å². The topological polar surface area (TPSA) is 277 Å². The number of carbonyl (C=O) groups excluding carboxylic acids is 10. The Morgan fingerprint density at radius 3 is 1.75 bits per heavy atom. The van der Waals surface area contributed by atoms with Gasteiger partial charge in [-0.3, -0.25) is 47.9 Å². The van der Waals surface area contributed by atoms with E-state index in [0.717, 1.165) is 24.2 Å². The van der Waals surface area contributed by atoms with Crippen molar-refractivity contribution in [1.29, 1.82) is 0 Å². The molecular weight excluding hydrogens is 1120 g/mol. The Morgan fingerprint density at radius 1 is 0.682 bits per heavy atom. The molecule has 88 heavy (non-hydrogen) atoms. The van der Waals surface area contributed by atoms with Gasteiger partial charge in [0.05, 0.1) is 24.9 Å². The van der Waals surface area contributed by atoms with E-state index in [-0.39, 0.29) is 44.1 Å². The van der Waals surface area contributed by atoms with Crippen molar-refractivity contribution in [3.05, 3.63) is 102 Å². The van der Waals surface area contributed by atoms with Crippen LogP contribution in [0.1, 0.15) is 126 Å². The normalized spacial score (nSPS) is 15.6. The number of aliphatic hydroxyl groups excluding tert-OH is 1. The molecule has 0 saturated carbocycles. The fraction of sp³-hybridized carbons (Fsp3) is 0.591. The summed E-state index contributed by atoms with van der Waals surface area (Å²) in [5, 5.41) is 23.8. The van der Waals surface area contributed by atoms with Gasteiger partial charge in [0, 0.05) is 66.1 Å². The molecule has 10 amide bonds. The van der Waals surface area contributed by atoms with Gasteiger partial charge in [-0.15, -0.1) is 5.73 Å². The van der Waals surface area contributed by atoms with E-state index in [2.05, 4.69) is 38.9 Å². The Bertz CT molecular complexity index is 2750. The van der Waals surface area contributed by atoms with Crippen LogP contribution in [0.25, 0.3) is 0 Å². The first kappa shape index (κ1) is 74.6. The first-order chi connectivity index (χ1) is 41.4. The van der Waals surface area contributed by atoms with Crippen molar-refractivity contribution < 1.29 is 57.8 Å². The number of hydrogen-bond donors (Lipinski definition) is 6. The summed E-state index contributed by atoms with van der Waals surface area (Å²) in [6.07, 6.45) is 5.42. The number of likely N-dealkylation sites (N-methyl/N-ethyl adjacent to an activating group) is 4. The number of carbonyl (C=O) groups is 10. The molecule has 1 aliphatic rings. The summed E-state index contributed by atoms with van der Waals surface area (Å²) in [6, 6.07) is 7.82. The number of hydrogen-bond acceptors (Lipinski definition) is 12. The van der Waals surface area contributed by atoms with Crippen LogP contribution >= 0.6 is 0 Å². The molecule has 0 spiro atoms. The number of aliphatic hydroxyl groups is 1. The monoisotopic (exact) mass is 1220 g/mol. The first-order valence-electron chi connectivity index (χ1n) is 30.6. The van der Waals surface area contributed by atoms with E-state index >= 15 is 9.59 Å². The molecule has 6 N–H and O–H groups in total. The molecule has 0 aliphatic carbocycles. The zero-order valence-corrected chi connectivity index (χ0v) is 54.6. The standard InChI is InChI=1S/C66H100N10O12/c1-17-29-48(19-3)56(65(87)76-35-27-22-28-36-76)71-61(83)57(43(6)7)75(16)62(84)49(38-46-31-23-20-24-32-46)68-58(80)44(8)72(13)64(86)52(39-47-33-25-21-26-34-47)74(15)63(85)50(41-88-66(10,11)12)69-59(81)51(37-42(4)5)73(14)54(79)40-67-60(82)55(45(9)77)70-53(78)30-18-2/h17,20-21,23-26,29,31-34,42-45,49-52,55-57,77H,3,18,22,27-28,30,35-41H2,1-2,4-16H3,(H,67,82)(H,68,80)(H,69,81)(H,70,78)(H,71,83)/b29-17-/t44-,45+,49-,50-,51-,52-,55-,56-,57-/m0/s1. The fourth-order valence-electron chi connectivity index (χ4n) is 10.2. The molecule has 1 saturated heterocycles. The minimum Gasteiger partial charge on any atom is -0.391 e. The molecule has 2 aromatic rings. The van der Waals surface area contributed by atoms with Crippen molar-refractivity contribution in [1.82, 2.24) is 51.1 Å². The third-order valence-corrected chi connectivity index (χ3v) is 15.4. The number of nitrogens with one attached hydrogen (secondary N) is 5. The maximum Gasteiger partial charge on any atom is 0.250 e. The Kier molecular flexibility index (Phi) is 30.5. The SMILES string of the molecule is C=C=C(/C=C\C)[C@H](NC(=O)[C@H](C(C)C)N(C)C(=O)[C@H](Cc1ccccc1)NC(=O)[C@H](C)N(C)C(=O)[C@H](Cc1ccccc1)N(C)C(=O)[C@H](COC(C)(C)C)NC(=O)[C@H](CC(C)C)N(C)C(=O)CNC(=O)[C@@H](NC(=O)CCC)[C@@H](C)O)C(=O)N1CCCCC1. The maximum absolute atomic E-state index is 15.1. The van der Waals surface area contributed by atoms with Gasteiger partial charge in [0.2, 0.25) is 59.1 Å². The molecule has 22 nitrogen and oxygen atoms in total. The van der Waals surface area contributed by atoms with Gasteiger partial charge in [-0.25, -0.2) is 0 Å². The van der Waals surface area contributed by atoms with Crippen LogP contribution < -0.4 is 26.6 Å². The number of rotatable bonds is 32. The summed E-state index contributed by atoms with van der Waals surface area (Å²) >= 11 is 0. The van der Waals surface area contributed by atoms with Crippen molar-refractivity contribution in [3.8, 4) is 0 Å². The van der Waals surface area contributed by atoms with Crippen molar-refractivity contribution >= 4 is 59.1 Å². The number of piperidine rings is 1. The van der Waals surface area contributed by atoms with Crippen LogP contribution in [0.5, 0.6) is 0 Å². The summed E-state index contributed by atoms with van der Waals surface area (Å²) in [6.45, 7) is 22.8. The summed E-state index contributed by atoms with van der Waals surface area (Å²) in [7, 11) is 5.66. The third kappa shape index (κ3) is 22.8. The molecule has 486 valence electrons. The van der Waals surface area contributed by atoms with Gasteiger partial charge in [0.1, 0.15) is 48.3 Å². The molecule has 1 heterocycles. The highest BCUT2D eigenvalue weighted by Crippen LogP contribution is 2.21. The lowest BCUT2D eigenvalue weighted by molar-refractivity contribution is -0.151. The average Bonchev–Trinajstić information content (AvgIpc) is 3.25. The fourth-order valence-corrected chi connectivity index (χ4v) is 10.2. The molecule has 0 aromatic heterocycles. The Balaban J connectivity index is 2.00. The molecule has 0 unspecified atom stereocenters. The maximum atomic E-state index is 15.1. The number of nitrogens with zero attached hydrogens (tertiary/aromatic N) is 5. The van der Waals surface area contributed by atoms with Crippen molar-refractivity contribution in [2.75, 3.05) is 54.4 Å². The van der Waals surface area contributed by atoms with Crippen LogP contribution in [0, 0.1) is 11.8 Å². The van der Waals surface area contributed by atoms with Crippen LogP contribution in [0.15, 0.2) is 90.7 Å². The second kappa shape index (κ2) is 36.0. The predicted molar refractivity (Wildman–Crippen MR) is 337 cm³/mol. The van der Waals surface area contributed by atoms with Crippen LogP contribution in [-0.4, -0.2) is 203 Å². The third-order valence-electron chi connectivity index (χ3n) is 15.4. The van der Waals surface area contributed by atoms with Gasteiger partial charge >= 0.3 is 0 Å². The molecule has 1 fully saturated rings. The van der Waals surface area contributed by atoms with E-state index < -0.39 is 126 Å². The van der Waals surface area contributed by atoms with Crippen molar-refractivity contribution in [2.24, 2.45) is 11.8 Å². The molecular formula is C66H100N10O12. The van der Waals surface area contributed by atoms with Crippen molar-refractivity contribution in [2.45, 2.75) is 188 Å². The lowest BCUT2D eigenvalue weighted by atomic mass is 9.97. The highest BCUT2D eigenvalue weighted by molar-refractivity contribution is 5.99. The molecule has 0 bridgehead atoms. The Morgan fingerprint density at radius 2 is 1.24 bits per heavy atom. The van der Waals surface area contributed by atoms with Gasteiger partial charge in [0.25, 0.3) is 0 Å². The zero-order chi connectivity index (χ0) is 66.2. The number of likely N-dealkylation sites (tertiary alicyclic amines) is 1. The number of amides is 10. The van der Waals surface area contributed by atoms with Crippen LogP contribution in [0.2, 0.25) is 0 Å². The summed E-state index contributed by atoms with van der Waals surface area (Å²) in [5.41, 5.74) is 3.70. The lowest BCUT2D eigenvalue weighted by Crippen LogP contribution is -2.62. The quantitative estimate of drug-likeness (QED) is 0.0451. The summed E-state index contributed by atoms with van der Waals surface area (Å²) in [5.74, 6) is -7.00. The van der Waals surface area contributed by atoms with E-state index in [4.69, 9.17) is 4.74 Å². The molecule has 2 aromatic carbocycles. The molecule has 9 atom stereocenters. The zero-order valence-electron chi connectivity index (χ0n) is 54.6. The van der Waals surface area contributed by atoms with Gasteiger partial charge in [0.15, 0.2) is 0 Å². The lowest BCUT2D eigenvalue weighted by Gasteiger charge is -2.37. The van der Waals surface area contributed by atoms with E-state index in [9.17, 15) is 43.5 Å². The Hall–Kier alpha value is -7.68. The van der Waals surface area contributed by atoms with E-state index in [1.54, 1.807) is 120 Å². The second-order valence-electron chi connectivity index (χ2n) is 24.5. The molecule has 1 aliphatic heterocycles. The average molecular weight is 1230 g/mol. The largest absolute Gasteiger partial charge is 0.391 e.